The van der Waals surface area contributed by atoms with Gasteiger partial charge in [0.05, 0.1) is 26.9 Å². The van der Waals surface area contributed by atoms with Gasteiger partial charge in [-0.3, -0.25) is 0 Å². The van der Waals surface area contributed by atoms with E-state index < -0.39 is 0 Å². The average molecular weight is 302 g/mol. The van der Waals surface area contributed by atoms with Gasteiger partial charge in [0.25, 0.3) is 0 Å². The molecule has 0 bridgehead atoms. The summed E-state index contributed by atoms with van der Waals surface area (Å²) in [4.78, 5) is 0. The lowest BCUT2D eigenvalue weighted by atomic mass is 10.3. The average Bonchev–Trinajstić information content (AvgIpc) is 2.57. The summed E-state index contributed by atoms with van der Waals surface area (Å²) in [6, 6.07) is 15.2. The molecule has 0 amide bonds. The van der Waals surface area contributed by atoms with Gasteiger partial charge in [-0.1, -0.05) is 12.1 Å². The van der Waals surface area contributed by atoms with Crippen LogP contribution in [0.1, 0.15) is 13.3 Å². The van der Waals surface area contributed by atoms with Crippen LogP contribution in [0.25, 0.3) is 0 Å². The number of methoxy groups -OCH3 is 1. The fourth-order valence-corrected chi connectivity index (χ4v) is 1.95. The molecule has 0 radical (unpaired) electrons. The van der Waals surface area contributed by atoms with Crippen molar-refractivity contribution in [3.63, 3.8) is 0 Å². The van der Waals surface area contributed by atoms with Crippen LogP contribution in [0.4, 0.5) is 0 Å². The third-order valence-electron chi connectivity index (χ3n) is 3.02. The van der Waals surface area contributed by atoms with Crippen molar-refractivity contribution in [3.05, 3.63) is 48.5 Å². The molecule has 4 nitrogen and oxygen atoms in total. The van der Waals surface area contributed by atoms with Crippen LogP contribution < -0.4 is 18.9 Å². The molecule has 2 aromatic rings. The number of hydrogen-bond acceptors (Lipinski definition) is 4. The lowest BCUT2D eigenvalue weighted by molar-refractivity contribution is 0.236. The third-order valence-corrected chi connectivity index (χ3v) is 3.02. The molecule has 118 valence electrons. The van der Waals surface area contributed by atoms with Crippen LogP contribution in [0.5, 0.6) is 23.0 Å². The van der Waals surface area contributed by atoms with E-state index >= 15 is 0 Å². The second-order valence-corrected chi connectivity index (χ2v) is 4.61. The summed E-state index contributed by atoms with van der Waals surface area (Å²) in [5.41, 5.74) is 0. The van der Waals surface area contributed by atoms with Crippen LogP contribution in [-0.2, 0) is 0 Å². The van der Waals surface area contributed by atoms with E-state index in [4.69, 9.17) is 18.9 Å². The zero-order valence-corrected chi connectivity index (χ0v) is 13.1. The lowest BCUT2D eigenvalue weighted by Crippen LogP contribution is -2.06. The second kappa shape index (κ2) is 8.82. The zero-order chi connectivity index (χ0) is 15.6. The predicted octanol–water partition coefficient (Wildman–Crippen LogP) is 3.94. The van der Waals surface area contributed by atoms with Crippen molar-refractivity contribution in [1.82, 2.24) is 0 Å². The Morgan fingerprint density at radius 3 is 1.95 bits per heavy atom. The molecule has 0 aliphatic carbocycles. The Bertz CT molecular complexity index is 551. The first-order valence-corrected chi connectivity index (χ1v) is 7.45. The van der Waals surface area contributed by atoms with Crippen molar-refractivity contribution in [1.29, 1.82) is 0 Å². The van der Waals surface area contributed by atoms with E-state index in [1.54, 1.807) is 7.11 Å². The lowest BCUT2D eigenvalue weighted by Gasteiger charge is -2.12. The second-order valence-electron chi connectivity index (χ2n) is 4.61. The van der Waals surface area contributed by atoms with Crippen molar-refractivity contribution in [2.24, 2.45) is 0 Å². The molecule has 2 rings (SSSR count). The summed E-state index contributed by atoms with van der Waals surface area (Å²) in [6.07, 6.45) is 0.798. The summed E-state index contributed by atoms with van der Waals surface area (Å²) < 4.78 is 22.0. The molecule has 0 atom stereocenters. The van der Waals surface area contributed by atoms with Gasteiger partial charge in [0.15, 0.2) is 11.5 Å². The largest absolute Gasteiger partial charge is 0.497 e. The Balaban J connectivity index is 1.70. The number of ether oxygens (including phenoxy) is 4. The topological polar surface area (TPSA) is 36.9 Å². The van der Waals surface area contributed by atoms with Crippen LogP contribution in [0.15, 0.2) is 48.5 Å². The Hall–Kier alpha value is -2.36. The van der Waals surface area contributed by atoms with Crippen LogP contribution in [-0.4, -0.2) is 26.9 Å². The van der Waals surface area contributed by atoms with E-state index in [2.05, 4.69) is 0 Å². The van der Waals surface area contributed by atoms with Gasteiger partial charge in [-0.25, -0.2) is 0 Å². The molecular weight excluding hydrogens is 280 g/mol. The molecule has 0 aliphatic heterocycles. The first kappa shape index (κ1) is 16.0. The highest BCUT2D eigenvalue weighted by Crippen LogP contribution is 2.26. The van der Waals surface area contributed by atoms with E-state index in [1.807, 2.05) is 55.5 Å². The molecule has 0 unspecified atom stereocenters. The molecule has 2 aromatic carbocycles. The van der Waals surface area contributed by atoms with Gasteiger partial charge < -0.3 is 18.9 Å². The Labute approximate surface area is 131 Å². The summed E-state index contributed by atoms with van der Waals surface area (Å²) in [5.74, 6) is 3.20. The van der Waals surface area contributed by atoms with E-state index in [0.29, 0.717) is 19.8 Å². The molecule has 0 saturated heterocycles. The van der Waals surface area contributed by atoms with Gasteiger partial charge in [-0.2, -0.15) is 0 Å². The van der Waals surface area contributed by atoms with Gasteiger partial charge >= 0.3 is 0 Å². The SMILES string of the molecule is CCOc1ccccc1OCCCOc1ccc(OC)cc1. The van der Waals surface area contributed by atoms with Gasteiger partial charge in [0.2, 0.25) is 0 Å². The zero-order valence-electron chi connectivity index (χ0n) is 13.1. The molecule has 0 N–H and O–H groups in total. The van der Waals surface area contributed by atoms with Crippen LogP contribution in [0.2, 0.25) is 0 Å². The molecule has 22 heavy (non-hydrogen) atoms. The monoisotopic (exact) mass is 302 g/mol. The summed E-state index contributed by atoms with van der Waals surface area (Å²) >= 11 is 0. The van der Waals surface area contributed by atoms with E-state index in [-0.39, 0.29) is 0 Å². The van der Waals surface area contributed by atoms with Crippen LogP contribution in [0, 0.1) is 0 Å². The minimum Gasteiger partial charge on any atom is -0.497 e. The Morgan fingerprint density at radius 2 is 1.32 bits per heavy atom. The third kappa shape index (κ3) is 4.88. The number of rotatable bonds is 9. The molecule has 4 heteroatoms. The van der Waals surface area contributed by atoms with Gasteiger partial charge in [-0.15, -0.1) is 0 Å². The highest BCUT2D eigenvalue weighted by Gasteiger charge is 2.03. The van der Waals surface area contributed by atoms with Crippen molar-refractivity contribution >= 4 is 0 Å². The van der Waals surface area contributed by atoms with Crippen molar-refractivity contribution in [3.8, 4) is 23.0 Å². The molecule has 0 spiro atoms. The summed E-state index contributed by atoms with van der Waals surface area (Å²) in [5, 5.41) is 0. The number of para-hydroxylation sites is 2. The molecule has 0 aromatic heterocycles. The normalized spacial score (nSPS) is 10.1. The number of hydrogen-bond donors (Lipinski definition) is 0. The Morgan fingerprint density at radius 1 is 0.727 bits per heavy atom. The van der Waals surface area contributed by atoms with Gasteiger partial charge in [0.1, 0.15) is 11.5 Å². The first-order valence-electron chi connectivity index (χ1n) is 7.45. The summed E-state index contributed by atoms with van der Waals surface area (Å²) in [6.45, 7) is 3.77. The maximum Gasteiger partial charge on any atom is 0.161 e. The molecule has 0 heterocycles. The predicted molar refractivity (Wildman–Crippen MR) is 86.2 cm³/mol. The van der Waals surface area contributed by atoms with Gasteiger partial charge in [-0.05, 0) is 43.3 Å². The fourth-order valence-electron chi connectivity index (χ4n) is 1.95. The van der Waals surface area contributed by atoms with Gasteiger partial charge in [0, 0.05) is 6.42 Å². The smallest absolute Gasteiger partial charge is 0.161 e. The molecule has 0 fully saturated rings. The van der Waals surface area contributed by atoms with E-state index in [0.717, 1.165) is 29.4 Å². The fraction of sp³-hybridized carbons (Fsp3) is 0.333. The Kier molecular flexibility index (Phi) is 6.42. The van der Waals surface area contributed by atoms with Crippen molar-refractivity contribution < 1.29 is 18.9 Å². The minimum atomic E-state index is 0.584. The standard InChI is InChI=1S/C18H22O4/c1-3-20-17-7-4-5-8-18(17)22-14-6-13-21-16-11-9-15(19-2)10-12-16/h4-5,7-12H,3,6,13-14H2,1-2H3. The first-order chi connectivity index (χ1) is 10.8. The van der Waals surface area contributed by atoms with E-state index in [9.17, 15) is 0 Å². The minimum absolute atomic E-state index is 0.584. The molecule has 0 saturated carbocycles. The van der Waals surface area contributed by atoms with Crippen LogP contribution >= 0.6 is 0 Å². The number of benzene rings is 2. The quantitative estimate of drug-likeness (QED) is 0.657. The van der Waals surface area contributed by atoms with Crippen molar-refractivity contribution in [2.45, 2.75) is 13.3 Å². The summed E-state index contributed by atoms with van der Waals surface area (Å²) in [7, 11) is 1.65. The highest BCUT2D eigenvalue weighted by atomic mass is 16.5. The van der Waals surface area contributed by atoms with Crippen molar-refractivity contribution in [2.75, 3.05) is 26.9 Å². The maximum atomic E-state index is 5.74. The molecular formula is C18H22O4. The highest BCUT2D eigenvalue weighted by molar-refractivity contribution is 5.39. The maximum absolute atomic E-state index is 5.74. The van der Waals surface area contributed by atoms with Crippen LogP contribution in [0.3, 0.4) is 0 Å². The molecule has 0 aliphatic rings. The van der Waals surface area contributed by atoms with E-state index in [1.165, 1.54) is 0 Å².